The number of benzene rings is 1. The topological polar surface area (TPSA) is 128 Å². The first kappa shape index (κ1) is 27.9. The number of rotatable bonds is 10. The molecule has 1 saturated heterocycles. The molecule has 11 heteroatoms. The number of carbonyl (C=O) groups is 2. The molecular weight excluding hydrogens is 519 g/mol. The van der Waals surface area contributed by atoms with Crippen LogP contribution in [0.25, 0.3) is 11.0 Å². The van der Waals surface area contributed by atoms with Crippen LogP contribution in [0.5, 0.6) is 0 Å². The lowest BCUT2D eigenvalue weighted by Gasteiger charge is -2.31. The van der Waals surface area contributed by atoms with E-state index in [-0.39, 0.29) is 30.1 Å². The van der Waals surface area contributed by atoms with Crippen molar-refractivity contribution >= 4 is 22.9 Å². The number of carbonyl (C=O) groups excluding carboxylic acids is 1. The van der Waals surface area contributed by atoms with E-state index in [2.05, 4.69) is 10.1 Å². The predicted octanol–water partition coefficient (Wildman–Crippen LogP) is 4.28. The molecule has 0 aliphatic carbocycles. The number of likely N-dealkylation sites (tertiary alicyclic amines) is 1. The van der Waals surface area contributed by atoms with Crippen LogP contribution < -0.4 is 5.56 Å². The Bertz CT molecular complexity index is 1440. The highest BCUT2D eigenvalue weighted by atomic mass is 19.1. The number of unbranched alkanes of at least 4 members (excludes halogenated alkanes) is 1. The Morgan fingerprint density at radius 1 is 1.15 bits per heavy atom. The van der Waals surface area contributed by atoms with Gasteiger partial charge >= 0.3 is 11.9 Å². The second kappa shape index (κ2) is 12.3. The van der Waals surface area contributed by atoms with Crippen molar-refractivity contribution in [1.82, 2.24) is 19.6 Å². The molecule has 2 aliphatic rings. The fourth-order valence-electron chi connectivity index (χ4n) is 5.83. The first-order valence-electron chi connectivity index (χ1n) is 14.1. The van der Waals surface area contributed by atoms with Gasteiger partial charge in [-0.05, 0) is 77.1 Å². The Morgan fingerprint density at radius 2 is 1.93 bits per heavy atom. The average molecular weight is 555 g/mol. The summed E-state index contributed by atoms with van der Waals surface area (Å²) in [5.41, 5.74) is 2.65. The zero-order chi connectivity index (χ0) is 28.2. The molecule has 214 valence electrons. The average Bonchev–Trinajstić information content (AvgIpc) is 3.35. The molecule has 0 radical (unpaired) electrons. The SMILES string of the molecule is Cc1nc2n(c(=O)c1CCN1CCC(c3noc4cc(F)ccc34)CC1)CCCC2OC(=O)CCCCC(=O)O. The molecule has 1 unspecified atom stereocenters. The fraction of sp³-hybridized carbons (Fsp3) is 0.552. The van der Waals surface area contributed by atoms with Gasteiger partial charge in [-0.25, -0.2) is 9.37 Å². The van der Waals surface area contributed by atoms with Crippen LogP contribution in [0.15, 0.2) is 27.5 Å². The fourth-order valence-corrected chi connectivity index (χ4v) is 5.83. The number of aryl methyl sites for hydroxylation is 1. The van der Waals surface area contributed by atoms with Crippen molar-refractivity contribution in [2.45, 2.75) is 83.3 Å². The molecule has 0 spiro atoms. The smallest absolute Gasteiger partial charge is 0.306 e. The molecule has 0 bridgehead atoms. The zero-order valence-electron chi connectivity index (χ0n) is 22.7. The van der Waals surface area contributed by atoms with Gasteiger partial charge in [0.15, 0.2) is 17.5 Å². The lowest BCUT2D eigenvalue weighted by atomic mass is 9.91. The highest BCUT2D eigenvalue weighted by Crippen LogP contribution is 2.33. The van der Waals surface area contributed by atoms with Gasteiger partial charge in [-0.15, -0.1) is 0 Å². The normalized spacial score (nSPS) is 18.1. The summed E-state index contributed by atoms with van der Waals surface area (Å²) in [5.74, 6) is -0.870. The number of aliphatic carboxylic acids is 1. The molecule has 3 aromatic rings. The van der Waals surface area contributed by atoms with Crippen molar-refractivity contribution in [3.63, 3.8) is 0 Å². The summed E-state index contributed by atoms with van der Waals surface area (Å²) in [6, 6.07) is 4.53. The van der Waals surface area contributed by atoms with Crippen molar-refractivity contribution in [2.75, 3.05) is 19.6 Å². The Kier molecular flexibility index (Phi) is 8.58. The molecule has 0 amide bonds. The number of hydrogen-bond donors (Lipinski definition) is 1. The van der Waals surface area contributed by atoms with Crippen molar-refractivity contribution in [1.29, 1.82) is 0 Å². The lowest BCUT2D eigenvalue weighted by molar-refractivity contribution is -0.151. The van der Waals surface area contributed by atoms with E-state index in [0.717, 1.165) is 43.6 Å². The summed E-state index contributed by atoms with van der Waals surface area (Å²) in [4.78, 5) is 43.5. The van der Waals surface area contributed by atoms with Gasteiger partial charge in [0.1, 0.15) is 5.82 Å². The molecule has 40 heavy (non-hydrogen) atoms. The molecule has 10 nitrogen and oxygen atoms in total. The molecule has 4 heterocycles. The summed E-state index contributed by atoms with van der Waals surface area (Å²) in [7, 11) is 0. The molecule has 0 saturated carbocycles. The van der Waals surface area contributed by atoms with Gasteiger partial charge in [0.2, 0.25) is 0 Å². The molecule has 1 aromatic carbocycles. The van der Waals surface area contributed by atoms with Gasteiger partial charge in [0, 0.05) is 54.6 Å². The molecule has 2 aromatic heterocycles. The summed E-state index contributed by atoms with van der Waals surface area (Å²) < 4.78 is 26.2. The minimum absolute atomic E-state index is 0.0254. The highest BCUT2D eigenvalue weighted by Gasteiger charge is 2.29. The first-order valence-corrected chi connectivity index (χ1v) is 14.1. The Morgan fingerprint density at radius 3 is 2.70 bits per heavy atom. The van der Waals surface area contributed by atoms with Crippen LogP contribution in [0, 0.1) is 12.7 Å². The molecule has 5 rings (SSSR count). The van der Waals surface area contributed by atoms with Gasteiger partial charge in [-0.2, -0.15) is 0 Å². The Labute approximate surface area is 231 Å². The van der Waals surface area contributed by atoms with E-state index in [9.17, 15) is 18.8 Å². The monoisotopic (exact) mass is 554 g/mol. The maximum Gasteiger partial charge on any atom is 0.306 e. The van der Waals surface area contributed by atoms with E-state index >= 15 is 0 Å². The number of aromatic nitrogens is 3. The summed E-state index contributed by atoms with van der Waals surface area (Å²) in [5, 5.41) is 13.8. The molecule has 1 atom stereocenters. The third-order valence-electron chi connectivity index (χ3n) is 8.04. The van der Waals surface area contributed by atoms with Gasteiger partial charge in [-0.1, -0.05) is 5.16 Å². The molecule has 1 N–H and O–H groups in total. The van der Waals surface area contributed by atoms with Crippen LogP contribution >= 0.6 is 0 Å². The third-order valence-corrected chi connectivity index (χ3v) is 8.04. The first-order chi connectivity index (χ1) is 19.3. The number of nitrogens with zero attached hydrogens (tertiary/aromatic N) is 4. The lowest BCUT2D eigenvalue weighted by Crippen LogP contribution is -2.38. The zero-order valence-corrected chi connectivity index (χ0v) is 22.7. The highest BCUT2D eigenvalue weighted by molar-refractivity contribution is 5.79. The molecular formula is C29H35FN4O6. The number of carboxylic acid groups (broad SMARTS) is 1. The number of piperidine rings is 1. The van der Waals surface area contributed by atoms with Gasteiger partial charge in [0.05, 0.1) is 5.69 Å². The van der Waals surface area contributed by atoms with E-state index < -0.39 is 18.0 Å². The number of carboxylic acids is 1. The third kappa shape index (κ3) is 6.24. The van der Waals surface area contributed by atoms with E-state index in [1.54, 1.807) is 10.6 Å². The maximum atomic E-state index is 13.5. The molecule has 1 fully saturated rings. The van der Waals surface area contributed by atoms with Crippen LogP contribution in [0.2, 0.25) is 0 Å². The largest absolute Gasteiger partial charge is 0.481 e. The van der Waals surface area contributed by atoms with Gasteiger partial charge < -0.3 is 19.3 Å². The number of halogens is 1. The predicted molar refractivity (Wildman–Crippen MR) is 143 cm³/mol. The molecule has 2 aliphatic heterocycles. The minimum atomic E-state index is -0.881. The summed E-state index contributed by atoms with van der Waals surface area (Å²) in [6.07, 6.45) is 4.19. The van der Waals surface area contributed by atoms with E-state index in [1.165, 1.54) is 12.1 Å². The van der Waals surface area contributed by atoms with Crippen LogP contribution in [0.4, 0.5) is 4.39 Å². The quantitative estimate of drug-likeness (QED) is 0.288. The van der Waals surface area contributed by atoms with Crippen LogP contribution in [-0.2, 0) is 27.3 Å². The van der Waals surface area contributed by atoms with E-state index in [4.69, 9.17) is 19.4 Å². The number of hydrogen-bond acceptors (Lipinski definition) is 8. The van der Waals surface area contributed by atoms with Crippen LogP contribution in [0.1, 0.15) is 86.2 Å². The van der Waals surface area contributed by atoms with Crippen LogP contribution in [0.3, 0.4) is 0 Å². The van der Waals surface area contributed by atoms with Crippen molar-refractivity contribution in [3.8, 4) is 0 Å². The van der Waals surface area contributed by atoms with Crippen molar-refractivity contribution in [3.05, 3.63) is 57.1 Å². The van der Waals surface area contributed by atoms with E-state index in [0.29, 0.717) is 61.3 Å². The summed E-state index contributed by atoms with van der Waals surface area (Å²) in [6.45, 7) is 4.85. The van der Waals surface area contributed by atoms with Crippen LogP contribution in [-0.4, -0.2) is 56.3 Å². The second-order valence-corrected chi connectivity index (χ2v) is 10.8. The minimum Gasteiger partial charge on any atom is -0.481 e. The maximum absolute atomic E-state index is 13.5. The Hall–Kier alpha value is -3.60. The number of fused-ring (bicyclic) bond motifs is 2. The number of ether oxygens (including phenoxy) is 1. The standard InChI is InChI=1S/C29H35FN4O6/c1-18-21(12-16-33-14-10-19(11-15-33)27-22-9-8-20(30)17-24(22)40-32-27)29(38)34-13-4-5-23(28(34)31-18)39-26(37)7-3-2-6-25(35)36/h8-9,17,19,23H,2-7,10-16H2,1H3,(H,35,36). The number of esters is 1. The van der Waals surface area contributed by atoms with Crippen molar-refractivity contribution in [2.24, 2.45) is 0 Å². The van der Waals surface area contributed by atoms with Gasteiger partial charge in [0.25, 0.3) is 5.56 Å². The van der Waals surface area contributed by atoms with Gasteiger partial charge in [-0.3, -0.25) is 19.0 Å². The Balaban J connectivity index is 1.17. The van der Waals surface area contributed by atoms with E-state index in [1.807, 2.05) is 6.92 Å². The summed E-state index contributed by atoms with van der Waals surface area (Å²) >= 11 is 0. The second-order valence-electron chi connectivity index (χ2n) is 10.8. The van der Waals surface area contributed by atoms with Crippen molar-refractivity contribution < 1.29 is 28.3 Å².